The number of aromatic nitrogens is 1. The van der Waals surface area contributed by atoms with Crippen molar-refractivity contribution in [3.05, 3.63) is 41.7 Å². The molecule has 1 aromatic carbocycles. The molecule has 1 aromatic heterocycles. The molecule has 0 saturated heterocycles. The Balaban J connectivity index is 1.82. The molecule has 8 N–H and O–H groups in total. The summed E-state index contributed by atoms with van der Waals surface area (Å²) in [6.07, 6.45) is 6.13. The third kappa shape index (κ3) is 5.29. The first kappa shape index (κ1) is 21.2. The third-order valence-electron chi connectivity index (χ3n) is 4.87. The second kappa shape index (κ2) is 9.79. The molecule has 158 valence electrons. The second-order valence-corrected chi connectivity index (χ2v) is 7.04. The van der Waals surface area contributed by atoms with Gasteiger partial charge in [0.1, 0.15) is 5.82 Å². The fourth-order valence-electron chi connectivity index (χ4n) is 3.30. The standard InChI is InChI=1S/C20H25FN8O/c21-15-11-14(18(24)30)19(28-20(15)27-17-4-2-1-3-16(17)23)26-12-5-7-13(8-6-12)29-25-10-9-22/h5-11,16-17,22,29H,1-4,23H2,(H2,24,30)(H2,26,27,28)/b22-9?,25-10-/t16-,17+/m0/s1. The van der Waals surface area contributed by atoms with Gasteiger partial charge in [0, 0.05) is 24.0 Å². The highest BCUT2D eigenvalue weighted by atomic mass is 19.1. The van der Waals surface area contributed by atoms with E-state index in [1.54, 1.807) is 24.3 Å². The number of hydrogen-bond acceptors (Lipinski definition) is 8. The van der Waals surface area contributed by atoms with Gasteiger partial charge in [0.15, 0.2) is 11.6 Å². The maximum absolute atomic E-state index is 14.6. The Morgan fingerprint density at radius 3 is 2.57 bits per heavy atom. The zero-order chi connectivity index (χ0) is 21.5. The van der Waals surface area contributed by atoms with Crippen LogP contribution in [0.2, 0.25) is 0 Å². The zero-order valence-corrected chi connectivity index (χ0v) is 16.4. The Bertz CT molecular complexity index is 931. The fraction of sp³-hybridized carbons (Fsp3) is 0.300. The Morgan fingerprint density at radius 2 is 1.90 bits per heavy atom. The van der Waals surface area contributed by atoms with E-state index < -0.39 is 11.7 Å². The van der Waals surface area contributed by atoms with Crippen molar-refractivity contribution < 1.29 is 9.18 Å². The lowest BCUT2D eigenvalue weighted by Gasteiger charge is -2.30. The Hall–Kier alpha value is -3.53. The smallest absolute Gasteiger partial charge is 0.252 e. The number of amides is 1. The highest BCUT2D eigenvalue weighted by Gasteiger charge is 2.24. The number of anilines is 4. The quantitative estimate of drug-likeness (QED) is 0.289. The van der Waals surface area contributed by atoms with Crippen LogP contribution < -0.4 is 27.5 Å². The number of halogens is 1. The summed E-state index contributed by atoms with van der Waals surface area (Å²) in [7, 11) is 0. The molecule has 1 heterocycles. The minimum Gasteiger partial charge on any atom is -0.365 e. The number of hydrazone groups is 1. The molecule has 1 amide bonds. The van der Waals surface area contributed by atoms with Gasteiger partial charge in [-0.25, -0.2) is 9.37 Å². The van der Waals surface area contributed by atoms with Crippen LogP contribution in [0.4, 0.5) is 27.4 Å². The average Bonchev–Trinajstić information content (AvgIpc) is 2.73. The van der Waals surface area contributed by atoms with E-state index in [-0.39, 0.29) is 29.3 Å². The molecule has 0 aliphatic heterocycles. The van der Waals surface area contributed by atoms with Crippen molar-refractivity contribution in [1.29, 1.82) is 5.41 Å². The molecule has 1 fully saturated rings. The molecule has 2 atom stereocenters. The summed E-state index contributed by atoms with van der Waals surface area (Å²) in [4.78, 5) is 16.1. The molecule has 2 aromatic rings. The predicted octanol–water partition coefficient (Wildman–Crippen LogP) is 2.79. The number of pyridine rings is 1. The molecule has 1 saturated carbocycles. The number of hydrogen-bond donors (Lipinski definition) is 6. The summed E-state index contributed by atoms with van der Waals surface area (Å²) in [5, 5.41) is 16.8. The first-order chi connectivity index (χ1) is 14.5. The van der Waals surface area contributed by atoms with Gasteiger partial charge in [0.25, 0.3) is 5.91 Å². The van der Waals surface area contributed by atoms with Crippen LogP contribution in [0.3, 0.4) is 0 Å². The number of carbonyl (C=O) groups is 1. The Labute approximate surface area is 173 Å². The van der Waals surface area contributed by atoms with Gasteiger partial charge in [0.05, 0.1) is 17.5 Å². The van der Waals surface area contributed by atoms with Gasteiger partial charge in [0.2, 0.25) is 0 Å². The normalized spacial score (nSPS) is 18.7. The molecule has 9 nitrogen and oxygen atoms in total. The van der Waals surface area contributed by atoms with Crippen LogP contribution in [-0.2, 0) is 0 Å². The van der Waals surface area contributed by atoms with E-state index in [1.807, 2.05) is 0 Å². The van der Waals surface area contributed by atoms with Gasteiger partial charge in [-0.3, -0.25) is 10.2 Å². The zero-order valence-electron chi connectivity index (χ0n) is 16.4. The van der Waals surface area contributed by atoms with Crippen LogP contribution >= 0.6 is 0 Å². The van der Waals surface area contributed by atoms with Gasteiger partial charge in [-0.15, -0.1) is 0 Å². The van der Waals surface area contributed by atoms with Crippen molar-refractivity contribution in [2.45, 2.75) is 37.8 Å². The van der Waals surface area contributed by atoms with Crippen LogP contribution in [0.5, 0.6) is 0 Å². The molecule has 0 spiro atoms. The van der Waals surface area contributed by atoms with Crippen molar-refractivity contribution in [1.82, 2.24) is 4.98 Å². The molecule has 0 bridgehead atoms. The fourth-order valence-corrected chi connectivity index (χ4v) is 3.30. The predicted molar refractivity (Wildman–Crippen MR) is 117 cm³/mol. The number of benzene rings is 1. The largest absolute Gasteiger partial charge is 0.365 e. The van der Waals surface area contributed by atoms with E-state index in [0.717, 1.165) is 38.0 Å². The number of nitrogens with one attached hydrogen (secondary N) is 4. The maximum atomic E-state index is 14.6. The summed E-state index contributed by atoms with van der Waals surface area (Å²) >= 11 is 0. The molecule has 10 heteroatoms. The van der Waals surface area contributed by atoms with E-state index in [0.29, 0.717) is 11.4 Å². The lowest BCUT2D eigenvalue weighted by molar-refractivity contribution is 0.100. The van der Waals surface area contributed by atoms with Crippen LogP contribution in [0.1, 0.15) is 36.0 Å². The number of carbonyl (C=O) groups excluding carboxylic acids is 1. The lowest BCUT2D eigenvalue weighted by atomic mass is 9.91. The molecule has 30 heavy (non-hydrogen) atoms. The number of primary amides is 1. The Kier molecular flexibility index (Phi) is 6.91. The Morgan fingerprint density at radius 1 is 1.20 bits per heavy atom. The maximum Gasteiger partial charge on any atom is 0.252 e. The van der Waals surface area contributed by atoms with Crippen molar-refractivity contribution in [2.24, 2.45) is 16.6 Å². The minimum atomic E-state index is -0.788. The molecular formula is C20H25FN8O. The first-order valence-electron chi connectivity index (χ1n) is 9.65. The third-order valence-corrected chi connectivity index (χ3v) is 4.87. The number of nitrogens with two attached hydrogens (primary N) is 2. The molecule has 0 unspecified atom stereocenters. The lowest BCUT2D eigenvalue weighted by Crippen LogP contribution is -2.43. The molecule has 0 radical (unpaired) electrons. The summed E-state index contributed by atoms with van der Waals surface area (Å²) in [6, 6.07) is 7.89. The van der Waals surface area contributed by atoms with Crippen LogP contribution in [-0.4, -0.2) is 35.4 Å². The highest BCUT2D eigenvalue weighted by Crippen LogP contribution is 2.27. The summed E-state index contributed by atoms with van der Waals surface area (Å²) in [5.74, 6) is -1.26. The van der Waals surface area contributed by atoms with E-state index >= 15 is 0 Å². The summed E-state index contributed by atoms with van der Waals surface area (Å²) < 4.78 is 14.6. The van der Waals surface area contributed by atoms with Gasteiger partial charge in [-0.05, 0) is 43.2 Å². The average molecular weight is 412 g/mol. The van der Waals surface area contributed by atoms with Crippen molar-refractivity contribution >= 4 is 41.3 Å². The van der Waals surface area contributed by atoms with Crippen molar-refractivity contribution in [3.8, 4) is 0 Å². The van der Waals surface area contributed by atoms with E-state index in [1.165, 1.54) is 6.21 Å². The van der Waals surface area contributed by atoms with Gasteiger partial charge in [-0.2, -0.15) is 5.10 Å². The molecule has 3 rings (SSSR count). The number of nitrogens with zero attached hydrogens (tertiary/aromatic N) is 2. The van der Waals surface area contributed by atoms with Crippen LogP contribution in [0.15, 0.2) is 35.4 Å². The summed E-state index contributed by atoms with van der Waals surface area (Å²) in [6.45, 7) is 0. The van der Waals surface area contributed by atoms with E-state index in [9.17, 15) is 9.18 Å². The molecule has 1 aliphatic rings. The van der Waals surface area contributed by atoms with Gasteiger partial charge in [-0.1, -0.05) is 12.8 Å². The van der Waals surface area contributed by atoms with Crippen LogP contribution in [0.25, 0.3) is 0 Å². The number of rotatable bonds is 8. The van der Waals surface area contributed by atoms with Gasteiger partial charge >= 0.3 is 0 Å². The highest BCUT2D eigenvalue weighted by molar-refractivity contribution is 6.14. The van der Waals surface area contributed by atoms with Crippen LogP contribution in [0, 0.1) is 11.2 Å². The topological polar surface area (TPSA) is 154 Å². The van der Waals surface area contributed by atoms with Crippen molar-refractivity contribution in [2.75, 3.05) is 16.1 Å². The minimum absolute atomic E-state index is 0.0316. The SMILES string of the molecule is N=C/C=N\Nc1ccc(Nc2nc(N[C@@H]3CCCC[C@@H]3N)c(F)cc2C(N)=O)cc1. The second-order valence-electron chi connectivity index (χ2n) is 7.04. The van der Waals surface area contributed by atoms with Gasteiger partial charge < -0.3 is 27.5 Å². The van der Waals surface area contributed by atoms with E-state index in [2.05, 4.69) is 26.1 Å². The monoisotopic (exact) mass is 412 g/mol. The van der Waals surface area contributed by atoms with E-state index in [4.69, 9.17) is 16.9 Å². The first-order valence-corrected chi connectivity index (χ1v) is 9.65. The molecule has 1 aliphatic carbocycles. The summed E-state index contributed by atoms with van der Waals surface area (Å²) in [5.41, 5.74) is 15.6. The van der Waals surface area contributed by atoms with Crippen molar-refractivity contribution in [3.63, 3.8) is 0 Å². The molecular weight excluding hydrogens is 387 g/mol.